The summed E-state index contributed by atoms with van der Waals surface area (Å²) < 4.78 is 37.3. The molecule has 2 nitrogen and oxygen atoms in total. The molecule has 0 bridgehead atoms. The highest BCUT2D eigenvalue weighted by Crippen LogP contribution is 2.29. The third-order valence-electron chi connectivity index (χ3n) is 2.87. The maximum absolute atomic E-state index is 12.4. The lowest BCUT2D eigenvalue weighted by molar-refractivity contribution is -0.137. The molecule has 0 aliphatic rings. The van der Waals surface area contributed by atoms with E-state index in [0.717, 1.165) is 24.2 Å². The molecular weight excluding hydrogens is 265 g/mol. The highest BCUT2D eigenvalue weighted by molar-refractivity contribution is 5.24. The van der Waals surface area contributed by atoms with Gasteiger partial charge in [0.25, 0.3) is 0 Å². The van der Waals surface area contributed by atoms with Crippen LogP contribution in [0.3, 0.4) is 0 Å². The first-order valence-corrected chi connectivity index (χ1v) is 6.72. The van der Waals surface area contributed by atoms with Crippen LogP contribution in [-0.4, -0.2) is 18.1 Å². The van der Waals surface area contributed by atoms with Crippen molar-refractivity contribution in [3.8, 4) is 0 Å². The Morgan fingerprint density at radius 1 is 1.05 bits per heavy atom. The molecule has 5 heteroatoms. The Morgan fingerprint density at radius 2 is 1.60 bits per heavy atom. The molecule has 0 heterocycles. The van der Waals surface area contributed by atoms with Crippen molar-refractivity contribution in [2.24, 2.45) is 0 Å². The first-order chi connectivity index (χ1) is 9.08. The number of nitrogens with one attached hydrogen (secondary N) is 2. The number of hydrogen-bond acceptors (Lipinski definition) is 2. The van der Waals surface area contributed by atoms with Crippen molar-refractivity contribution in [1.29, 1.82) is 0 Å². The van der Waals surface area contributed by atoms with E-state index in [4.69, 9.17) is 0 Å². The van der Waals surface area contributed by atoms with E-state index in [9.17, 15) is 13.2 Å². The average molecular weight is 288 g/mol. The molecule has 1 rings (SSSR count). The summed E-state index contributed by atoms with van der Waals surface area (Å²) in [6, 6.07) is 5.51. The van der Waals surface area contributed by atoms with Crippen LogP contribution in [0.15, 0.2) is 24.3 Å². The second-order valence-electron chi connectivity index (χ2n) is 6.11. The first-order valence-electron chi connectivity index (χ1n) is 6.72. The molecule has 1 unspecified atom stereocenters. The summed E-state index contributed by atoms with van der Waals surface area (Å²) in [5.74, 6) is 0. The molecule has 1 atom stereocenters. The van der Waals surface area contributed by atoms with Crippen molar-refractivity contribution < 1.29 is 13.2 Å². The lowest BCUT2D eigenvalue weighted by Gasteiger charge is -2.24. The number of rotatable bonds is 5. The van der Waals surface area contributed by atoms with Gasteiger partial charge in [0.2, 0.25) is 0 Å². The SMILES string of the molecule is CC(CNC(C)(C)C)NCc1ccc(C(F)(F)F)cc1. The Hall–Kier alpha value is -1.07. The molecule has 114 valence electrons. The Balaban J connectivity index is 2.42. The number of hydrogen-bond donors (Lipinski definition) is 2. The second kappa shape index (κ2) is 6.59. The molecular formula is C15H23F3N2. The zero-order valence-electron chi connectivity index (χ0n) is 12.4. The van der Waals surface area contributed by atoms with Gasteiger partial charge in [0.05, 0.1) is 5.56 Å². The topological polar surface area (TPSA) is 24.1 Å². The lowest BCUT2D eigenvalue weighted by atomic mass is 10.1. The van der Waals surface area contributed by atoms with Crippen LogP contribution >= 0.6 is 0 Å². The second-order valence-corrected chi connectivity index (χ2v) is 6.11. The standard InChI is InChI=1S/C15H23F3N2/c1-11(9-20-14(2,3)4)19-10-12-5-7-13(8-6-12)15(16,17)18/h5-8,11,19-20H,9-10H2,1-4H3. The van der Waals surface area contributed by atoms with Crippen molar-refractivity contribution in [3.63, 3.8) is 0 Å². The normalized spacial score (nSPS) is 14.3. The molecule has 20 heavy (non-hydrogen) atoms. The van der Waals surface area contributed by atoms with Crippen molar-refractivity contribution in [2.75, 3.05) is 6.54 Å². The quantitative estimate of drug-likeness (QED) is 0.865. The highest BCUT2D eigenvalue weighted by Gasteiger charge is 2.29. The molecule has 1 aromatic rings. The van der Waals surface area contributed by atoms with Crippen LogP contribution < -0.4 is 10.6 Å². The fourth-order valence-corrected chi connectivity index (χ4v) is 1.64. The molecule has 0 saturated carbocycles. The van der Waals surface area contributed by atoms with E-state index in [1.165, 1.54) is 12.1 Å². The maximum atomic E-state index is 12.4. The van der Waals surface area contributed by atoms with E-state index >= 15 is 0 Å². The fourth-order valence-electron chi connectivity index (χ4n) is 1.64. The minimum Gasteiger partial charge on any atom is -0.311 e. The van der Waals surface area contributed by atoms with E-state index in [1.54, 1.807) is 0 Å². The van der Waals surface area contributed by atoms with Crippen LogP contribution in [0.25, 0.3) is 0 Å². The van der Waals surface area contributed by atoms with E-state index in [0.29, 0.717) is 6.54 Å². The molecule has 2 N–H and O–H groups in total. The van der Waals surface area contributed by atoms with Gasteiger partial charge in [0, 0.05) is 24.7 Å². The molecule has 0 aromatic heterocycles. The summed E-state index contributed by atoms with van der Waals surface area (Å²) in [6.07, 6.45) is -4.27. The summed E-state index contributed by atoms with van der Waals surface area (Å²) in [7, 11) is 0. The Bertz CT molecular complexity index is 405. The Labute approximate surface area is 118 Å². The molecule has 0 amide bonds. The molecule has 0 aliphatic carbocycles. The predicted octanol–water partition coefficient (Wildman–Crippen LogP) is 3.57. The zero-order chi connectivity index (χ0) is 15.4. The maximum Gasteiger partial charge on any atom is 0.416 e. The smallest absolute Gasteiger partial charge is 0.311 e. The summed E-state index contributed by atoms with van der Waals surface area (Å²) in [5.41, 5.74) is 0.300. The molecule has 0 aliphatic heterocycles. The van der Waals surface area contributed by atoms with Gasteiger partial charge >= 0.3 is 6.18 Å². The molecule has 0 spiro atoms. The summed E-state index contributed by atoms with van der Waals surface area (Å²) >= 11 is 0. The van der Waals surface area contributed by atoms with E-state index in [1.807, 2.05) is 6.92 Å². The Kier molecular flexibility index (Phi) is 5.59. The van der Waals surface area contributed by atoms with Gasteiger partial charge in [-0.15, -0.1) is 0 Å². The summed E-state index contributed by atoms with van der Waals surface area (Å²) in [6.45, 7) is 9.69. The molecule has 1 aromatic carbocycles. The van der Waals surface area contributed by atoms with E-state index in [2.05, 4.69) is 31.4 Å². The van der Waals surface area contributed by atoms with Crippen molar-refractivity contribution in [2.45, 2.75) is 52.0 Å². The largest absolute Gasteiger partial charge is 0.416 e. The van der Waals surface area contributed by atoms with Crippen LogP contribution in [0.5, 0.6) is 0 Å². The molecule has 0 saturated heterocycles. The average Bonchev–Trinajstić information content (AvgIpc) is 2.32. The monoisotopic (exact) mass is 288 g/mol. The predicted molar refractivity (Wildman–Crippen MR) is 75.5 cm³/mol. The van der Waals surface area contributed by atoms with Gasteiger partial charge in [0.1, 0.15) is 0 Å². The van der Waals surface area contributed by atoms with Crippen molar-refractivity contribution >= 4 is 0 Å². The van der Waals surface area contributed by atoms with Crippen molar-refractivity contribution in [1.82, 2.24) is 10.6 Å². The third-order valence-corrected chi connectivity index (χ3v) is 2.87. The zero-order valence-corrected chi connectivity index (χ0v) is 12.4. The van der Waals surface area contributed by atoms with Crippen molar-refractivity contribution in [3.05, 3.63) is 35.4 Å². The van der Waals surface area contributed by atoms with Gasteiger partial charge in [-0.2, -0.15) is 13.2 Å². The van der Waals surface area contributed by atoms with Gasteiger partial charge in [-0.05, 0) is 45.4 Å². The third kappa shape index (κ3) is 6.39. The fraction of sp³-hybridized carbons (Fsp3) is 0.600. The Morgan fingerprint density at radius 3 is 2.05 bits per heavy atom. The van der Waals surface area contributed by atoms with E-state index in [-0.39, 0.29) is 11.6 Å². The minimum absolute atomic E-state index is 0.0598. The summed E-state index contributed by atoms with van der Waals surface area (Å²) in [5, 5.41) is 6.66. The number of alkyl halides is 3. The molecule has 0 fully saturated rings. The van der Waals surface area contributed by atoms with Crippen LogP contribution in [-0.2, 0) is 12.7 Å². The van der Waals surface area contributed by atoms with Gasteiger partial charge < -0.3 is 10.6 Å². The van der Waals surface area contributed by atoms with Gasteiger partial charge in [-0.3, -0.25) is 0 Å². The van der Waals surface area contributed by atoms with Crippen LogP contribution in [0.1, 0.15) is 38.8 Å². The number of halogens is 3. The van der Waals surface area contributed by atoms with Crippen LogP contribution in [0.2, 0.25) is 0 Å². The molecule has 0 radical (unpaired) electrons. The minimum atomic E-state index is -4.27. The highest BCUT2D eigenvalue weighted by atomic mass is 19.4. The van der Waals surface area contributed by atoms with Gasteiger partial charge in [0.15, 0.2) is 0 Å². The van der Waals surface area contributed by atoms with E-state index < -0.39 is 11.7 Å². The first kappa shape index (κ1) is 17.0. The lowest BCUT2D eigenvalue weighted by Crippen LogP contribution is -2.44. The van der Waals surface area contributed by atoms with Crippen LogP contribution in [0.4, 0.5) is 13.2 Å². The van der Waals surface area contributed by atoms with Gasteiger partial charge in [-0.25, -0.2) is 0 Å². The number of benzene rings is 1. The van der Waals surface area contributed by atoms with Gasteiger partial charge in [-0.1, -0.05) is 12.1 Å². The van der Waals surface area contributed by atoms with Crippen LogP contribution in [0, 0.1) is 0 Å². The summed E-state index contributed by atoms with van der Waals surface area (Å²) in [4.78, 5) is 0.